The highest BCUT2D eigenvalue weighted by molar-refractivity contribution is 5.74. The monoisotopic (exact) mass is 368 g/mol. The number of aromatic hydroxyl groups is 1. The maximum absolute atomic E-state index is 12.3. The summed E-state index contributed by atoms with van der Waals surface area (Å²) in [4.78, 5) is 14.2. The van der Waals surface area contributed by atoms with Gasteiger partial charge in [-0.15, -0.1) is 0 Å². The SMILES string of the molecule is O=C(NCCc1ccc(O)cc1)N1CCC(C(O)Cc2ccccc2)CC1. The van der Waals surface area contributed by atoms with Crippen LogP contribution in [0, 0.1) is 5.92 Å². The van der Waals surface area contributed by atoms with Crippen molar-refractivity contribution in [3.05, 3.63) is 65.7 Å². The summed E-state index contributed by atoms with van der Waals surface area (Å²) in [5.41, 5.74) is 2.23. The van der Waals surface area contributed by atoms with E-state index >= 15 is 0 Å². The number of urea groups is 1. The van der Waals surface area contributed by atoms with Gasteiger partial charge in [-0.2, -0.15) is 0 Å². The van der Waals surface area contributed by atoms with Crippen molar-refractivity contribution in [3.63, 3.8) is 0 Å². The Morgan fingerprint density at radius 3 is 2.37 bits per heavy atom. The van der Waals surface area contributed by atoms with Crippen LogP contribution in [0.15, 0.2) is 54.6 Å². The smallest absolute Gasteiger partial charge is 0.317 e. The van der Waals surface area contributed by atoms with Crippen molar-refractivity contribution >= 4 is 6.03 Å². The van der Waals surface area contributed by atoms with Crippen LogP contribution in [0.2, 0.25) is 0 Å². The van der Waals surface area contributed by atoms with Crippen LogP contribution < -0.4 is 5.32 Å². The van der Waals surface area contributed by atoms with E-state index in [9.17, 15) is 15.0 Å². The summed E-state index contributed by atoms with van der Waals surface area (Å²) in [6.07, 6.45) is 2.72. The second kappa shape index (κ2) is 9.42. The number of hydrogen-bond acceptors (Lipinski definition) is 3. The first-order valence-corrected chi connectivity index (χ1v) is 9.64. The van der Waals surface area contributed by atoms with Gasteiger partial charge in [0, 0.05) is 19.6 Å². The quantitative estimate of drug-likeness (QED) is 0.734. The zero-order valence-electron chi connectivity index (χ0n) is 15.6. The minimum atomic E-state index is -0.355. The van der Waals surface area contributed by atoms with Gasteiger partial charge in [-0.05, 0) is 54.9 Å². The van der Waals surface area contributed by atoms with E-state index in [0.29, 0.717) is 26.1 Å². The average molecular weight is 368 g/mol. The number of rotatable bonds is 6. The Morgan fingerprint density at radius 2 is 1.70 bits per heavy atom. The number of benzene rings is 2. The molecule has 1 unspecified atom stereocenters. The van der Waals surface area contributed by atoms with Gasteiger partial charge in [-0.3, -0.25) is 0 Å². The molecule has 5 heteroatoms. The standard InChI is InChI=1S/C22H28N2O3/c25-20-8-6-17(7-9-20)10-13-23-22(27)24-14-11-19(12-15-24)21(26)16-18-4-2-1-3-5-18/h1-9,19,21,25-26H,10-16H2,(H,23,27). The lowest BCUT2D eigenvalue weighted by Crippen LogP contribution is -2.46. The first-order chi connectivity index (χ1) is 13.1. The second-order valence-electron chi connectivity index (χ2n) is 7.23. The number of nitrogens with zero attached hydrogens (tertiary/aromatic N) is 1. The average Bonchev–Trinajstić information content (AvgIpc) is 2.70. The Kier molecular flexibility index (Phi) is 6.71. The lowest BCUT2D eigenvalue weighted by atomic mass is 9.88. The molecule has 0 aliphatic carbocycles. The number of nitrogens with one attached hydrogen (secondary N) is 1. The number of phenolic OH excluding ortho intramolecular Hbond substituents is 1. The summed E-state index contributed by atoms with van der Waals surface area (Å²) in [6.45, 7) is 1.93. The van der Waals surface area contributed by atoms with Crippen LogP contribution in [0.5, 0.6) is 5.75 Å². The van der Waals surface area contributed by atoms with E-state index in [1.54, 1.807) is 12.1 Å². The fraction of sp³-hybridized carbons (Fsp3) is 0.409. The molecular weight excluding hydrogens is 340 g/mol. The van der Waals surface area contributed by atoms with Gasteiger partial charge < -0.3 is 20.4 Å². The van der Waals surface area contributed by atoms with E-state index in [0.717, 1.165) is 30.4 Å². The van der Waals surface area contributed by atoms with Gasteiger partial charge in [0.25, 0.3) is 0 Å². The van der Waals surface area contributed by atoms with Crippen molar-refractivity contribution in [2.75, 3.05) is 19.6 Å². The fourth-order valence-corrected chi connectivity index (χ4v) is 3.60. The molecule has 2 aromatic rings. The third-order valence-electron chi connectivity index (χ3n) is 5.28. The van der Waals surface area contributed by atoms with Crippen molar-refractivity contribution in [3.8, 4) is 5.75 Å². The molecule has 5 nitrogen and oxygen atoms in total. The molecule has 3 rings (SSSR count). The molecule has 1 heterocycles. The third-order valence-corrected chi connectivity index (χ3v) is 5.28. The predicted molar refractivity (Wildman–Crippen MR) is 106 cm³/mol. The summed E-state index contributed by atoms with van der Waals surface area (Å²) < 4.78 is 0. The number of phenols is 1. The van der Waals surface area contributed by atoms with Crippen molar-refractivity contribution in [2.24, 2.45) is 5.92 Å². The maximum atomic E-state index is 12.3. The normalized spacial score (nSPS) is 16.1. The van der Waals surface area contributed by atoms with E-state index in [2.05, 4.69) is 5.32 Å². The van der Waals surface area contributed by atoms with Crippen LogP contribution in [0.25, 0.3) is 0 Å². The lowest BCUT2D eigenvalue weighted by Gasteiger charge is -2.34. The third kappa shape index (κ3) is 5.73. The Morgan fingerprint density at radius 1 is 1.04 bits per heavy atom. The molecule has 0 aromatic heterocycles. The van der Waals surface area contributed by atoms with Crippen molar-refractivity contribution in [1.29, 1.82) is 0 Å². The zero-order valence-corrected chi connectivity index (χ0v) is 15.6. The molecule has 27 heavy (non-hydrogen) atoms. The summed E-state index contributed by atoms with van der Waals surface area (Å²) in [6, 6.07) is 17.0. The van der Waals surface area contributed by atoms with Crippen molar-refractivity contribution in [1.82, 2.24) is 10.2 Å². The Hall–Kier alpha value is -2.53. The Balaban J connectivity index is 1.37. The number of amides is 2. The van der Waals surface area contributed by atoms with Crippen LogP contribution >= 0.6 is 0 Å². The van der Waals surface area contributed by atoms with Gasteiger partial charge in [-0.1, -0.05) is 42.5 Å². The fourth-order valence-electron chi connectivity index (χ4n) is 3.60. The van der Waals surface area contributed by atoms with Crippen LogP contribution in [-0.2, 0) is 12.8 Å². The van der Waals surface area contributed by atoms with E-state index < -0.39 is 0 Å². The topological polar surface area (TPSA) is 72.8 Å². The summed E-state index contributed by atoms with van der Waals surface area (Å²) in [5, 5.41) is 22.8. The highest BCUT2D eigenvalue weighted by atomic mass is 16.3. The molecule has 144 valence electrons. The van der Waals surface area contributed by atoms with E-state index in [1.807, 2.05) is 47.4 Å². The second-order valence-corrected chi connectivity index (χ2v) is 7.23. The zero-order chi connectivity index (χ0) is 19.1. The molecule has 0 bridgehead atoms. The maximum Gasteiger partial charge on any atom is 0.317 e. The number of aliphatic hydroxyl groups excluding tert-OH is 1. The highest BCUT2D eigenvalue weighted by Crippen LogP contribution is 2.23. The first kappa shape index (κ1) is 19.2. The van der Waals surface area contributed by atoms with Gasteiger partial charge in [0.2, 0.25) is 0 Å². The number of aliphatic hydroxyl groups is 1. The first-order valence-electron chi connectivity index (χ1n) is 9.64. The molecule has 0 saturated carbocycles. The van der Waals surface area contributed by atoms with E-state index in [-0.39, 0.29) is 23.8 Å². The predicted octanol–water partition coefficient (Wildman–Crippen LogP) is 2.96. The van der Waals surface area contributed by atoms with Crippen LogP contribution in [0.3, 0.4) is 0 Å². The number of carbonyl (C=O) groups is 1. The molecule has 2 aromatic carbocycles. The molecule has 1 aliphatic heterocycles. The van der Waals surface area contributed by atoms with Crippen molar-refractivity contribution < 1.29 is 15.0 Å². The lowest BCUT2D eigenvalue weighted by molar-refractivity contribution is 0.0672. The van der Waals surface area contributed by atoms with Gasteiger partial charge in [0.15, 0.2) is 0 Å². The molecule has 0 radical (unpaired) electrons. The van der Waals surface area contributed by atoms with Crippen molar-refractivity contribution in [2.45, 2.75) is 31.8 Å². The minimum Gasteiger partial charge on any atom is -0.508 e. The molecule has 0 spiro atoms. The molecule has 1 atom stereocenters. The summed E-state index contributed by atoms with van der Waals surface area (Å²) >= 11 is 0. The van der Waals surface area contributed by atoms with Gasteiger partial charge in [0.05, 0.1) is 6.10 Å². The molecule has 1 saturated heterocycles. The summed E-state index contributed by atoms with van der Waals surface area (Å²) in [7, 11) is 0. The van der Waals surface area contributed by atoms with Crippen LogP contribution in [0.4, 0.5) is 4.79 Å². The van der Waals surface area contributed by atoms with Gasteiger partial charge in [0.1, 0.15) is 5.75 Å². The van der Waals surface area contributed by atoms with E-state index in [1.165, 1.54) is 0 Å². The molecule has 1 aliphatic rings. The molecule has 3 N–H and O–H groups in total. The highest BCUT2D eigenvalue weighted by Gasteiger charge is 2.27. The molecule has 1 fully saturated rings. The molecule has 2 amide bonds. The van der Waals surface area contributed by atoms with E-state index in [4.69, 9.17) is 0 Å². The largest absolute Gasteiger partial charge is 0.508 e. The Bertz CT molecular complexity index is 710. The number of hydrogen-bond donors (Lipinski definition) is 3. The number of carbonyl (C=O) groups excluding carboxylic acids is 1. The number of likely N-dealkylation sites (tertiary alicyclic amines) is 1. The van der Waals surface area contributed by atoms with Crippen LogP contribution in [-0.4, -0.2) is 46.9 Å². The Labute approximate surface area is 160 Å². The number of piperidine rings is 1. The summed E-state index contributed by atoms with van der Waals surface area (Å²) in [5.74, 6) is 0.492. The van der Waals surface area contributed by atoms with Gasteiger partial charge in [-0.25, -0.2) is 4.79 Å². The minimum absolute atomic E-state index is 0.0372. The molecular formula is C22H28N2O3. The van der Waals surface area contributed by atoms with Crippen LogP contribution in [0.1, 0.15) is 24.0 Å². The van der Waals surface area contributed by atoms with Gasteiger partial charge >= 0.3 is 6.03 Å².